The van der Waals surface area contributed by atoms with Crippen molar-refractivity contribution in [3.63, 3.8) is 0 Å². The Hall–Kier alpha value is -1.85. The van der Waals surface area contributed by atoms with E-state index in [2.05, 4.69) is 0 Å². The number of aromatic carboxylic acids is 1. The molecule has 2 rings (SSSR count). The maximum absolute atomic E-state index is 10.9. The molecule has 0 saturated carbocycles. The number of carboxylic acid groups (broad SMARTS) is 1. The predicted octanol–water partition coefficient (Wildman–Crippen LogP) is 1.61. The number of fused-ring (bicyclic) bond motifs is 1. The first-order valence-electron chi connectivity index (χ1n) is 4.34. The maximum Gasteiger partial charge on any atom is 0.372 e. The van der Waals surface area contributed by atoms with E-state index < -0.39 is 5.97 Å². The summed E-state index contributed by atoms with van der Waals surface area (Å²) in [6, 6.07) is 6.97. The van der Waals surface area contributed by atoms with E-state index in [0.29, 0.717) is 16.5 Å². The van der Waals surface area contributed by atoms with Crippen LogP contribution in [0.4, 0.5) is 0 Å². The number of carboxylic acids is 1. The van der Waals surface area contributed by atoms with Crippen LogP contribution in [0.5, 0.6) is 0 Å². The summed E-state index contributed by atoms with van der Waals surface area (Å²) in [5.74, 6) is -1.28. The van der Waals surface area contributed by atoms with E-state index in [1.165, 1.54) is 0 Å². The van der Waals surface area contributed by atoms with Crippen LogP contribution in [-0.4, -0.2) is 16.3 Å². The Balaban J connectivity index is 2.68. The van der Waals surface area contributed by atoms with Gasteiger partial charge in [-0.05, 0) is 6.07 Å². The lowest BCUT2D eigenvalue weighted by Crippen LogP contribution is -2.09. The lowest BCUT2D eigenvalue weighted by atomic mass is 10.1. The van der Waals surface area contributed by atoms with Crippen LogP contribution in [0.15, 0.2) is 28.7 Å². The molecule has 0 saturated heterocycles. The van der Waals surface area contributed by atoms with Crippen molar-refractivity contribution < 1.29 is 19.5 Å². The van der Waals surface area contributed by atoms with Crippen molar-refractivity contribution in [1.29, 1.82) is 0 Å². The molecule has 2 aromatic rings. The fourth-order valence-corrected chi connectivity index (χ4v) is 1.53. The molecule has 0 aliphatic heterocycles. The third-order valence-corrected chi connectivity index (χ3v) is 2.15. The largest absolute Gasteiger partial charge is 0.475 e. The van der Waals surface area contributed by atoms with E-state index in [1.807, 2.05) is 5.48 Å². The third-order valence-electron chi connectivity index (χ3n) is 2.15. The molecule has 1 aromatic carbocycles. The van der Waals surface area contributed by atoms with Crippen LogP contribution in [-0.2, 0) is 6.54 Å². The Morgan fingerprint density at radius 2 is 2.13 bits per heavy atom. The quantitative estimate of drug-likeness (QED) is 0.666. The molecule has 1 aromatic heterocycles. The van der Waals surface area contributed by atoms with Crippen LogP contribution in [0.3, 0.4) is 0 Å². The Labute approximate surface area is 84.9 Å². The fourth-order valence-electron chi connectivity index (χ4n) is 1.53. The zero-order valence-electron chi connectivity index (χ0n) is 7.73. The number of hydrogen-bond acceptors (Lipinski definition) is 4. The highest BCUT2D eigenvalue weighted by Gasteiger charge is 2.18. The van der Waals surface area contributed by atoms with Gasteiger partial charge in [-0.2, -0.15) is 0 Å². The van der Waals surface area contributed by atoms with Gasteiger partial charge in [-0.15, -0.1) is 0 Å². The first-order valence-corrected chi connectivity index (χ1v) is 4.34. The molecule has 0 unspecified atom stereocenters. The lowest BCUT2D eigenvalue weighted by molar-refractivity contribution is 0.0661. The van der Waals surface area contributed by atoms with Gasteiger partial charge in [0.25, 0.3) is 0 Å². The number of para-hydroxylation sites is 1. The van der Waals surface area contributed by atoms with Crippen molar-refractivity contribution in [2.75, 3.05) is 0 Å². The monoisotopic (exact) mass is 207 g/mol. The van der Waals surface area contributed by atoms with Crippen LogP contribution in [0, 0.1) is 0 Å². The van der Waals surface area contributed by atoms with Crippen molar-refractivity contribution in [1.82, 2.24) is 5.48 Å². The lowest BCUT2D eigenvalue weighted by Gasteiger charge is -1.96. The molecule has 0 aliphatic carbocycles. The molecule has 0 fully saturated rings. The molecule has 3 N–H and O–H groups in total. The Kier molecular flexibility index (Phi) is 2.40. The number of carbonyl (C=O) groups is 1. The summed E-state index contributed by atoms with van der Waals surface area (Å²) in [7, 11) is 0. The smallest absolute Gasteiger partial charge is 0.372 e. The van der Waals surface area contributed by atoms with Gasteiger partial charge in [-0.25, -0.2) is 10.3 Å². The molecule has 78 valence electrons. The van der Waals surface area contributed by atoms with Gasteiger partial charge >= 0.3 is 5.97 Å². The minimum atomic E-state index is -1.14. The van der Waals surface area contributed by atoms with Crippen LogP contribution in [0.2, 0.25) is 0 Å². The highest BCUT2D eigenvalue weighted by atomic mass is 16.5. The fraction of sp³-hybridized carbons (Fsp3) is 0.100. The second kappa shape index (κ2) is 3.72. The second-order valence-corrected chi connectivity index (χ2v) is 3.05. The van der Waals surface area contributed by atoms with Crippen LogP contribution in [0.1, 0.15) is 16.1 Å². The first kappa shape index (κ1) is 9.70. The Morgan fingerprint density at radius 1 is 1.40 bits per heavy atom. The van der Waals surface area contributed by atoms with Gasteiger partial charge in [-0.3, -0.25) is 0 Å². The van der Waals surface area contributed by atoms with Crippen molar-refractivity contribution >= 4 is 16.9 Å². The van der Waals surface area contributed by atoms with Gasteiger partial charge < -0.3 is 14.7 Å². The summed E-state index contributed by atoms with van der Waals surface area (Å²) < 4.78 is 5.16. The minimum absolute atomic E-state index is 0.0403. The number of hydrogen-bond donors (Lipinski definition) is 3. The van der Waals surface area contributed by atoms with Crippen molar-refractivity contribution in [2.24, 2.45) is 0 Å². The van der Waals surface area contributed by atoms with Crippen molar-refractivity contribution in [3.05, 3.63) is 35.6 Å². The van der Waals surface area contributed by atoms with E-state index in [1.54, 1.807) is 24.3 Å². The van der Waals surface area contributed by atoms with Gasteiger partial charge in [0.1, 0.15) is 5.58 Å². The van der Waals surface area contributed by atoms with Crippen LogP contribution >= 0.6 is 0 Å². The molecule has 1 heterocycles. The molecule has 0 amide bonds. The predicted molar refractivity (Wildman–Crippen MR) is 51.8 cm³/mol. The average molecular weight is 207 g/mol. The van der Waals surface area contributed by atoms with Gasteiger partial charge in [0.2, 0.25) is 5.76 Å². The summed E-state index contributed by atoms with van der Waals surface area (Å²) in [5, 5.41) is 18.2. The highest BCUT2D eigenvalue weighted by Crippen LogP contribution is 2.25. The molecule has 0 bridgehead atoms. The van der Waals surface area contributed by atoms with E-state index in [0.717, 1.165) is 0 Å². The van der Waals surface area contributed by atoms with E-state index >= 15 is 0 Å². The molecular formula is C10H9NO4. The molecular weight excluding hydrogens is 198 g/mol. The third kappa shape index (κ3) is 1.58. The SMILES string of the molecule is O=C(O)c1oc2ccccc2c1CNO. The Morgan fingerprint density at radius 3 is 2.80 bits per heavy atom. The van der Waals surface area contributed by atoms with E-state index in [4.69, 9.17) is 14.7 Å². The summed E-state index contributed by atoms with van der Waals surface area (Å²) >= 11 is 0. The number of benzene rings is 1. The average Bonchev–Trinajstić information content (AvgIpc) is 2.58. The second-order valence-electron chi connectivity index (χ2n) is 3.05. The molecule has 5 heteroatoms. The topological polar surface area (TPSA) is 82.7 Å². The molecule has 5 nitrogen and oxygen atoms in total. The normalized spacial score (nSPS) is 10.7. The van der Waals surface area contributed by atoms with Crippen LogP contribution in [0.25, 0.3) is 11.0 Å². The standard InChI is InChI=1S/C10H9NO4/c12-10(13)9-7(5-11-14)6-3-1-2-4-8(6)15-9/h1-4,11,14H,5H2,(H,12,13). The molecule has 15 heavy (non-hydrogen) atoms. The number of hydroxylamine groups is 1. The number of rotatable bonds is 3. The van der Waals surface area contributed by atoms with Crippen molar-refractivity contribution in [3.8, 4) is 0 Å². The molecule has 0 radical (unpaired) electrons. The zero-order valence-corrected chi connectivity index (χ0v) is 7.73. The summed E-state index contributed by atoms with van der Waals surface area (Å²) in [6.07, 6.45) is 0. The summed E-state index contributed by atoms with van der Waals surface area (Å²) in [5.41, 5.74) is 2.88. The van der Waals surface area contributed by atoms with Gasteiger partial charge in [-0.1, -0.05) is 18.2 Å². The molecule has 0 atom stereocenters. The molecule has 0 aliphatic rings. The van der Waals surface area contributed by atoms with Gasteiger partial charge in [0.05, 0.1) is 6.54 Å². The van der Waals surface area contributed by atoms with E-state index in [-0.39, 0.29) is 12.3 Å². The van der Waals surface area contributed by atoms with E-state index in [9.17, 15) is 4.79 Å². The Bertz CT molecular complexity index is 503. The summed E-state index contributed by atoms with van der Waals surface area (Å²) in [4.78, 5) is 10.9. The van der Waals surface area contributed by atoms with Gasteiger partial charge in [0, 0.05) is 10.9 Å². The molecule has 0 spiro atoms. The summed E-state index contributed by atoms with van der Waals surface area (Å²) in [6.45, 7) is 0.0403. The minimum Gasteiger partial charge on any atom is -0.475 e. The number of furan rings is 1. The van der Waals surface area contributed by atoms with Crippen molar-refractivity contribution in [2.45, 2.75) is 6.54 Å². The highest BCUT2D eigenvalue weighted by molar-refractivity contribution is 5.95. The maximum atomic E-state index is 10.9. The van der Waals surface area contributed by atoms with Gasteiger partial charge in [0.15, 0.2) is 0 Å². The number of nitrogens with one attached hydrogen (secondary N) is 1. The first-order chi connectivity index (χ1) is 7.24. The van der Waals surface area contributed by atoms with Crippen LogP contribution < -0.4 is 5.48 Å². The zero-order chi connectivity index (χ0) is 10.8.